The van der Waals surface area contributed by atoms with Gasteiger partial charge in [0.2, 0.25) is 0 Å². The number of nitriles is 1. The van der Waals surface area contributed by atoms with E-state index < -0.39 is 23.1 Å². The van der Waals surface area contributed by atoms with Crippen LogP contribution in [0, 0.1) is 23.0 Å². The highest BCUT2D eigenvalue weighted by Gasteiger charge is 2.59. The third kappa shape index (κ3) is 3.76. The summed E-state index contributed by atoms with van der Waals surface area (Å²) in [5.74, 6) is -2.23. The lowest BCUT2D eigenvalue weighted by Crippen LogP contribution is -2.55. The van der Waals surface area contributed by atoms with Crippen LogP contribution in [0.15, 0.2) is 54.9 Å². The molecule has 0 unspecified atom stereocenters. The summed E-state index contributed by atoms with van der Waals surface area (Å²) in [6.07, 6.45) is 4.48. The topological polar surface area (TPSA) is 102 Å². The molecule has 1 aromatic carbocycles. The molecule has 1 aliphatic carbocycles. The Hall–Kier alpha value is -4.30. The highest BCUT2D eigenvalue weighted by molar-refractivity contribution is 7.81. The lowest BCUT2D eigenvalue weighted by molar-refractivity contribution is -0.123. The number of anilines is 2. The molecule has 2 aliphatic rings. The summed E-state index contributed by atoms with van der Waals surface area (Å²) in [5.41, 5.74) is -0.449. The Morgan fingerprint density at radius 3 is 2.53 bits per heavy atom. The number of rotatable bonds is 5. The summed E-state index contributed by atoms with van der Waals surface area (Å²) in [5, 5.41) is 11.7. The van der Waals surface area contributed by atoms with Gasteiger partial charge in [-0.1, -0.05) is 12.1 Å². The third-order valence-corrected chi connectivity index (χ3v) is 6.78. The van der Waals surface area contributed by atoms with Crippen LogP contribution in [0.4, 0.5) is 20.2 Å². The number of pyridine rings is 2. The van der Waals surface area contributed by atoms with Gasteiger partial charge in [-0.05, 0) is 55.7 Å². The van der Waals surface area contributed by atoms with Crippen molar-refractivity contribution in [1.82, 2.24) is 15.3 Å². The number of carbonyl (C=O) groups is 2. The van der Waals surface area contributed by atoms with Gasteiger partial charge in [-0.3, -0.25) is 19.5 Å². The van der Waals surface area contributed by atoms with Gasteiger partial charge in [-0.25, -0.2) is 13.8 Å². The minimum absolute atomic E-state index is 0.0572. The second-order valence-electron chi connectivity index (χ2n) is 8.45. The van der Waals surface area contributed by atoms with E-state index in [1.807, 2.05) is 0 Å². The fraction of sp³-hybridized carbons (Fsp3) is 0.200. The molecule has 8 nitrogen and oxygen atoms in total. The molecule has 11 heteroatoms. The molecule has 0 bridgehead atoms. The van der Waals surface area contributed by atoms with E-state index in [4.69, 9.17) is 17.5 Å². The van der Waals surface area contributed by atoms with E-state index in [0.717, 1.165) is 12.5 Å². The molecule has 5 rings (SSSR count). The van der Waals surface area contributed by atoms with Crippen molar-refractivity contribution in [3.63, 3.8) is 0 Å². The normalized spacial score (nSPS) is 16.1. The van der Waals surface area contributed by atoms with Crippen molar-refractivity contribution in [3.8, 4) is 6.07 Å². The maximum absolute atomic E-state index is 15.1. The molecule has 36 heavy (non-hydrogen) atoms. The standard InChI is InChI=1S/C25H18F2N6O2S/c26-18-10-16(6-5-15(18)13-31-22(34)20-4-1-2-9-29-20)33-24(36)32(23(35)25(33)7-3-8-25)17-11-19(27)21(12-28)30-14-17/h1-2,4-6,9-11,14H,3,7-8,13H2,(H,31,34). The first-order valence-electron chi connectivity index (χ1n) is 11.1. The lowest BCUT2D eigenvalue weighted by atomic mass is 9.75. The van der Waals surface area contributed by atoms with Crippen molar-refractivity contribution in [2.75, 3.05) is 9.80 Å². The average Bonchev–Trinajstić information content (AvgIpc) is 3.10. The minimum Gasteiger partial charge on any atom is -0.347 e. The van der Waals surface area contributed by atoms with Crippen molar-refractivity contribution < 1.29 is 18.4 Å². The highest BCUT2D eigenvalue weighted by Crippen LogP contribution is 2.47. The van der Waals surface area contributed by atoms with E-state index in [0.29, 0.717) is 18.5 Å². The number of halogens is 2. The summed E-state index contributed by atoms with van der Waals surface area (Å²) in [6.45, 7) is -0.0572. The van der Waals surface area contributed by atoms with Crippen molar-refractivity contribution in [1.29, 1.82) is 5.26 Å². The molecule has 2 amide bonds. The number of nitrogens with zero attached hydrogens (tertiary/aromatic N) is 5. The van der Waals surface area contributed by atoms with Crippen molar-refractivity contribution >= 4 is 40.5 Å². The molecule has 180 valence electrons. The molecule has 2 fully saturated rings. The van der Waals surface area contributed by atoms with Gasteiger partial charge in [0.05, 0.1) is 11.9 Å². The number of thiocarbonyl (C=S) groups is 1. The summed E-state index contributed by atoms with van der Waals surface area (Å²) >= 11 is 5.60. The number of aromatic nitrogens is 2. The zero-order valence-electron chi connectivity index (χ0n) is 18.7. The average molecular weight is 505 g/mol. The van der Waals surface area contributed by atoms with Crippen LogP contribution >= 0.6 is 12.2 Å². The number of hydrogen-bond donors (Lipinski definition) is 1. The smallest absolute Gasteiger partial charge is 0.270 e. The first kappa shape index (κ1) is 23.4. The van der Waals surface area contributed by atoms with Gasteiger partial charge in [0.15, 0.2) is 16.6 Å². The van der Waals surface area contributed by atoms with Gasteiger partial charge in [0.1, 0.15) is 23.1 Å². The maximum atomic E-state index is 15.1. The Morgan fingerprint density at radius 2 is 1.92 bits per heavy atom. The van der Waals surface area contributed by atoms with Gasteiger partial charge in [0.25, 0.3) is 11.8 Å². The van der Waals surface area contributed by atoms with Gasteiger partial charge in [0, 0.05) is 30.1 Å². The molecule has 1 saturated heterocycles. The fourth-order valence-electron chi connectivity index (χ4n) is 4.42. The quantitative estimate of drug-likeness (QED) is 0.530. The van der Waals surface area contributed by atoms with Gasteiger partial charge >= 0.3 is 0 Å². The lowest BCUT2D eigenvalue weighted by Gasteiger charge is -2.43. The summed E-state index contributed by atoms with van der Waals surface area (Å²) in [4.78, 5) is 36.2. The van der Waals surface area contributed by atoms with Crippen LogP contribution in [0.1, 0.15) is 41.0 Å². The van der Waals surface area contributed by atoms with E-state index in [1.165, 1.54) is 29.4 Å². The van der Waals surface area contributed by atoms with Crippen LogP contribution in [0.5, 0.6) is 0 Å². The third-order valence-electron chi connectivity index (χ3n) is 6.42. The number of carbonyl (C=O) groups excluding carboxylic acids is 2. The van der Waals surface area contributed by atoms with E-state index in [-0.39, 0.29) is 40.2 Å². The largest absolute Gasteiger partial charge is 0.347 e. The Balaban J connectivity index is 1.41. The van der Waals surface area contributed by atoms with Gasteiger partial charge < -0.3 is 10.2 Å². The van der Waals surface area contributed by atoms with Crippen LogP contribution in [0.25, 0.3) is 0 Å². The molecule has 1 aliphatic heterocycles. The molecule has 3 heterocycles. The van der Waals surface area contributed by atoms with Crippen molar-refractivity contribution in [2.24, 2.45) is 0 Å². The van der Waals surface area contributed by atoms with Gasteiger partial charge in [-0.2, -0.15) is 5.26 Å². The minimum atomic E-state index is -0.997. The first-order chi connectivity index (χ1) is 17.4. The second-order valence-corrected chi connectivity index (χ2v) is 8.82. The van der Waals surface area contributed by atoms with Crippen LogP contribution in [-0.2, 0) is 11.3 Å². The number of hydrogen-bond acceptors (Lipinski definition) is 6. The molecular formula is C25H18F2N6O2S. The SMILES string of the molecule is N#Cc1ncc(N2C(=O)C3(CCC3)N(c3ccc(CNC(=O)c4ccccn4)c(F)c3)C2=S)cc1F. The van der Waals surface area contributed by atoms with Crippen molar-refractivity contribution in [3.05, 3.63) is 83.4 Å². The maximum Gasteiger partial charge on any atom is 0.270 e. The van der Waals surface area contributed by atoms with Crippen LogP contribution < -0.4 is 15.1 Å². The van der Waals surface area contributed by atoms with Crippen LogP contribution in [-0.4, -0.2) is 32.4 Å². The molecule has 2 aromatic heterocycles. The zero-order valence-corrected chi connectivity index (χ0v) is 19.6. The van der Waals surface area contributed by atoms with E-state index in [1.54, 1.807) is 35.2 Å². The number of amides is 2. The summed E-state index contributed by atoms with van der Waals surface area (Å²) < 4.78 is 29.3. The van der Waals surface area contributed by atoms with Crippen LogP contribution in [0.3, 0.4) is 0 Å². The molecule has 3 aromatic rings. The Morgan fingerprint density at radius 1 is 1.14 bits per heavy atom. The van der Waals surface area contributed by atoms with E-state index in [2.05, 4.69) is 15.3 Å². The molecule has 1 N–H and O–H groups in total. The van der Waals surface area contributed by atoms with Crippen molar-refractivity contribution in [2.45, 2.75) is 31.3 Å². The molecule has 0 atom stereocenters. The van der Waals surface area contributed by atoms with Gasteiger partial charge in [-0.15, -0.1) is 0 Å². The highest BCUT2D eigenvalue weighted by atomic mass is 32.1. The van der Waals surface area contributed by atoms with E-state index in [9.17, 15) is 14.0 Å². The molecular weight excluding hydrogens is 486 g/mol. The molecule has 1 saturated carbocycles. The van der Waals surface area contributed by atoms with Crippen LogP contribution in [0.2, 0.25) is 0 Å². The predicted octanol–water partition coefficient (Wildman–Crippen LogP) is 3.62. The summed E-state index contributed by atoms with van der Waals surface area (Å²) in [6, 6.07) is 12.0. The predicted molar refractivity (Wildman–Crippen MR) is 130 cm³/mol. The Bertz CT molecular complexity index is 1440. The molecule has 0 radical (unpaired) electrons. The first-order valence-corrected chi connectivity index (χ1v) is 11.5. The second kappa shape index (κ2) is 9.05. The van der Waals surface area contributed by atoms with E-state index >= 15 is 4.39 Å². The zero-order chi connectivity index (χ0) is 25.4. The monoisotopic (exact) mass is 504 g/mol. The number of nitrogens with one attached hydrogen (secondary N) is 1. The number of benzene rings is 1. The molecule has 1 spiro atoms. The summed E-state index contributed by atoms with van der Waals surface area (Å²) in [7, 11) is 0. The fourth-order valence-corrected chi connectivity index (χ4v) is 4.89. The Kier molecular flexibility index (Phi) is 5.89. The Labute approximate surface area is 210 Å².